The fraction of sp³-hybridized carbons (Fsp3) is 0. The molecule has 8 heteroatoms. The average molecular weight is 234 g/mol. The van der Waals surface area contributed by atoms with Crippen molar-refractivity contribution in [2.75, 3.05) is 0 Å². The first-order valence-electron chi connectivity index (χ1n) is 2.93. The monoisotopic (exact) mass is 234 g/mol. The number of halogens is 3. The Morgan fingerprint density at radius 3 is 2.23 bits per heavy atom. The second kappa shape index (κ2) is 4.94. The van der Waals surface area contributed by atoms with Gasteiger partial charge in [-0.15, -0.1) is 11.3 Å². The van der Waals surface area contributed by atoms with Crippen molar-refractivity contribution in [3.8, 4) is 0 Å². The summed E-state index contributed by atoms with van der Waals surface area (Å²) < 4.78 is 35.8. The molecule has 13 heavy (non-hydrogen) atoms. The standard InChI is InChI=1S/C5H3BF3O2S.K/c7-6(8,9)3-1-4(5(10)11)12-2-3;/h1-2H,(H,10,11);/q-1;+1. The van der Waals surface area contributed by atoms with Crippen LogP contribution in [-0.2, 0) is 0 Å². The summed E-state index contributed by atoms with van der Waals surface area (Å²) in [6, 6.07) is 0.646. The van der Waals surface area contributed by atoms with Gasteiger partial charge in [0.25, 0.3) is 0 Å². The molecule has 0 saturated carbocycles. The van der Waals surface area contributed by atoms with Crippen molar-refractivity contribution in [3.63, 3.8) is 0 Å². The summed E-state index contributed by atoms with van der Waals surface area (Å²) in [6.45, 7) is -5.06. The minimum atomic E-state index is -5.06. The maximum Gasteiger partial charge on any atom is 1.00 e. The Balaban J connectivity index is 0.00000144. The summed E-state index contributed by atoms with van der Waals surface area (Å²) in [6.07, 6.45) is 0. The normalized spacial score (nSPS) is 10.7. The molecule has 0 bridgehead atoms. The fourth-order valence-corrected chi connectivity index (χ4v) is 1.43. The molecule has 0 spiro atoms. The maximum atomic E-state index is 11.9. The molecule has 0 amide bonds. The van der Waals surface area contributed by atoms with E-state index in [1.54, 1.807) is 0 Å². The number of hydrogen-bond acceptors (Lipinski definition) is 2. The largest absolute Gasteiger partial charge is 1.00 e. The second-order valence-corrected chi connectivity index (χ2v) is 3.04. The zero-order chi connectivity index (χ0) is 9.35. The molecular weight excluding hydrogens is 231 g/mol. The molecule has 1 heterocycles. The topological polar surface area (TPSA) is 37.3 Å². The van der Waals surface area contributed by atoms with E-state index in [1.807, 2.05) is 0 Å². The van der Waals surface area contributed by atoms with Crippen LogP contribution >= 0.6 is 11.3 Å². The van der Waals surface area contributed by atoms with E-state index >= 15 is 0 Å². The molecule has 0 fully saturated rings. The van der Waals surface area contributed by atoms with Crippen LogP contribution in [0.1, 0.15) is 9.67 Å². The second-order valence-electron chi connectivity index (χ2n) is 2.12. The van der Waals surface area contributed by atoms with Crippen LogP contribution in [0.4, 0.5) is 12.9 Å². The molecule has 0 unspecified atom stereocenters. The van der Waals surface area contributed by atoms with Crippen molar-refractivity contribution in [3.05, 3.63) is 16.3 Å². The van der Waals surface area contributed by atoms with E-state index in [2.05, 4.69) is 0 Å². The van der Waals surface area contributed by atoms with Gasteiger partial charge in [-0.1, -0.05) is 11.5 Å². The molecule has 0 aliphatic rings. The van der Waals surface area contributed by atoms with Gasteiger partial charge in [0.15, 0.2) is 0 Å². The smallest absolute Gasteiger partial charge is 0.477 e. The Bertz CT molecular complexity index is 311. The van der Waals surface area contributed by atoms with Gasteiger partial charge in [0.1, 0.15) is 4.88 Å². The minimum absolute atomic E-state index is 0. The molecule has 0 aliphatic carbocycles. The number of carbonyl (C=O) groups is 1. The van der Waals surface area contributed by atoms with Crippen molar-refractivity contribution in [1.29, 1.82) is 0 Å². The van der Waals surface area contributed by atoms with Crippen LogP contribution in [0.25, 0.3) is 0 Å². The molecule has 2 nitrogen and oxygen atoms in total. The summed E-state index contributed by atoms with van der Waals surface area (Å²) in [4.78, 5) is 9.90. The molecule has 0 saturated heterocycles. The molecule has 0 aromatic carbocycles. The Morgan fingerprint density at radius 2 is 2.00 bits per heavy atom. The van der Waals surface area contributed by atoms with Gasteiger partial charge in [-0.05, 0) is 5.38 Å². The SMILES string of the molecule is O=C(O)c1cc([B-](F)(F)F)cs1.[K+]. The van der Waals surface area contributed by atoms with Crippen LogP contribution in [0, 0.1) is 0 Å². The van der Waals surface area contributed by atoms with E-state index in [9.17, 15) is 17.7 Å². The summed E-state index contributed by atoms with van der Waals surface area (Å²) in [5.41, 5.74) is -0.850. The van der Waals surface area contributed by atoms with Gasteiger partial charge in [0.05, 0.1) is 0 Å². The molecule has 1 N–H and O–H groups in total. The summed E-state index contributed by atoms with van der Waals surface area (Å²) in [5.74, 6) is -1.33. The molecule has 1 aromatic heterocycles. The summed E-state index contributed by atoms with van der Waals surface area (Å²) in [5, 5.41) is 9.12. The Hall–Kier alpha value is 0.661. The van der Waals surface area contributed by atoms with Crippen LogP contribution in [0.3, 0.4) is 0 Å². The third-order valence-electron chi connectivity index (χ3n) is 1.21. The zero-order valence-electron chi connectivity index (χ0n) is 6.63. The van der Waals surface area contributed by atoms with Crippen LogP contribution < -0.4 is 56.8 Å². The first-order chi connectivity index (χ1) is 5.41. The number of rotatable bonds is 2. The van der Waals surface area contributed by atoms with Crippen LogP contribution in [0.2, 0.25) is 0 Å². The number of hydrogen-bond donors (Lipinski definition) is 1. The van der Waals surface area contributed by atoms with Gasteiger partial charge in [-0.25, -0.2) is 4.79 Å². The third-order valence-corrected chi connectivity index (χ3v) is 2.14. The Morgan fingerprint density at radius 1 is 1.46 bits per heavy atom. The van der Waals surface area contributed by atoms with Crippen molar-refractivity contribution in [1.82, 2.24) is 0 Å². The molecule has 0 aliphatic heterocycles. The van der Waals surface area contributed by atoms with Gasteiger partial charge in [-0.3, -0.25) is 0 Å². The van der Waals surface area contributed by atoms with E-state index in [0.29, 0.717) is 17.4 Å². The first kappa shape index (κ1) is 13.7. The number of carboxylic acids is 1. The maximum absolute atomic E-state index is 11.9. The fourth-order valence-electron chi connectivity index (χ4n) is 0.635. The molecule has 66 valence electrons. The molecule has 0 atom stereocenters. The molecule has 0 radical (unpaired) electrons. The van der Waals surface area contributed by atoms with E-state index in [1.165, 1.54) is 0 Å². The van der Waals surface area contributed by atoms with Crippen molar-refractivity contribution >= 4 is 29.7 Å². The zero-order valence-corrected chi connectivity index (χ0v) is 10.6. The van der Waals surface area contributed by atoms with E-state index in [0.717, 1.165) is 5.38 Å². The van der Waals surface area contributed by atoms with E-state index < -0.39 is 18.4 Å². The van der Waals surface area contributed by atoms with Crippen molar-refractivity contribution in [2.45, 2.75) is 0 Å². The Labute approximate surface area is 119 Å². The van der Waals surface area contributed by atoms with Crippen molar-refractivity contribution < 1.29 is 74.2 Å². The number of aromatic carboxylic acids is 1. The van der Waals surface area contributed by atoms with E-state index in [4.69, 9.17) is 5.11 Å². The van der Waals surface area contributed by atoms with Gasteiger partial charge in [0, 0.05) is 0 Å². The number of carboxylic acid groups (broad SMARTS) is 1. The van der Waals surface area contributed by atoms with Gasteiger partial charge in [0.2, 0.25) is 0 Å². The quantitative estimate of drug-likeness (QED) is 0.633. The third kappa shape index (κ3) is 3.72. The van der Waals surface area contributed by atoms with E-state index in [-0.39, 0.29) is 56.3 Å². The predicted molar refractivity (Wildman–Crippen MR) is 40.0 cm³/mol. The molecule has 1 rings (SSSR count). The summed E-state index contributed by atoms with van der Waals surface area (Å²) in [7, 11) is 0. The molecular formula is C5H3BF3KO2S. The Kier molecular flexibility index (Phi) is 5.20. The van der Waals surface area contributed by atoms with Gasteiger partial charge >= 0.3 is 64.3 Å². The predicted octanol–water partition coefficient (Wildman–Crippen LogP) is -1.50. The van der Waals surface area contributed by atoms with Crippen LogP contribution in [0.15, 0.2) is 11.4 Å². The minimum Gasteiger partial charge on any atom is -0.477 e. The average Bonchev–Trinajstić information content (AvgIpc) is 2.30. The van der Waals surface area contributed by atoms with Crippen LogP contribution in [0.5, 0.6) is 0 Å². The van der Waals surface area contributed by atoms with Gasteiger partial charge < -0.3 is 18.1 Å². The van der Waals surface area contributed by atoms with Gasteiger partial charge in [-0.2, -0.15) is 0 Å². The van der Waals surface area contributed by atoms with Crippen molar-refractivity contribution in [2.24, 2.45) is 0 Å². The number of thiophene rings is 1. The first-order valence-corrected chi connectivity index (χ1v) is 3.81. The van der Waals surface area contributed by atoms with Crippen LogP contribution in [-0.4, -0.2) is 18.1 Å². The summed E-state index contributed by atoms with van der Waals surface area (Å²) >= 11 is 0.581. The molecule has 1 aromatic rings.